The van der Waals surface area contributed by atoms with Gasteiger partial charge in [-0.05, 0) is 54.7 Å². The Morgan fingerprint density at radius 1 is 1.12 bits per heavy atom. The molecule has 0 atom stereocenters. The average Bonchev–Trinajstić information content (AvgIpc) is 3.52. The highest BCUT2D eigenvalue weighted by molar-refractivity contribution is 7.80. The molecule has 1 amide bonds. The van der Waals surface area contributed by atoms with Crippen LogP contribution < -0.4 is 10.6 Å². The van der Waals surface area contributed by atoms with E-state index >= 15 is 0 Å². The fourth-order valence-corrected chi connectivity index (χ4v) is 4.43. The third-order valence-corrected chi connectivity index (χ3v) is 6.24. The number of benzene rings is 2. The van der Waals surface area contributed by atoms with Crippen LogP contribution in [0.4, 0.5) is 5.69 Å². The molecule has 12 heteroatoms. The van der Waals surface area contributed by atoms with E-state index < -0.39 is 5.91 Å². The predicted molar refractivity (Wildman–Crippen MR) is 132 cm³/mol. The molecule has 0 aliphatic rings. The van der Waals surface area contributed by atoms with E-state index in [1.807, 2.05) is 24.3 Å². The second-order valence-corrected chi connectivity index (χ2v) is 8.95. The summed E-state index contributed by atoms with van der Waals surface area (Å²) in [5.74, 6) is 0.00427. The Morgan fingerprint density at radius 2 is 2.00 bits per heavy atom. The number of anilines is 1. The predicted octanol–water partition coefficient (Wildman–Crippen LogP) is 5.55. The van der Waals surface area contributed by atoms with Gasteiger partial charge in [0.15, 0.2) is 10.9 Å². The van der Waals surface area contributed by atoms with Gasteiger partial charge in [-0.3, -0.25) is 10.1 Å². The molecule has 3 aromatic heterocycles. The summed E-state index contributed by atoms with van der Waals surface area (Å²) < 4.78 is 7.26. The van der Waals surface area contributed by atoms with Crippen LogP contribution in [0.25, 0.3) is 26.9 Å². The third-order valence-electron chi connectivity index (χ3n) is 4.50. The number of furan rings is 1. The van der Waals surface area contributed by atoms with E-state index in [4.69, 9.17) is 39.8 Å². The summed E-state index contributed by atoms with van der Waals surface area (Å²) in [4.78, 5) is 13.3. The maximum Gasteiger partial charge on any atom is 0.293 e. The van der Waals surface area contributed by atoms with Crippen LogP contribution >= 0.6 is 46.8 Å². The zero-order valence-electron chi connectivity index (χ0n) is 16.5. The van der Waals surface area contributed by atoms with Crippen molar-refractivity contribution in [1.82, 2.24) is 25.1 Å². The molecule has 0 aliphatic heterocycles. The van der Waals surface area contributed by atoms with Crippen molar-refractivity contribution in [3.63, 3.8) is 0 Å². The molecule has 0 unspecified atom stereocenters. The lowest BCUT2D eigenvalue weighted by atomic mass is 10.2. The quantitative estimate of drug-likeness (QED) is 0.303. The van der Waals surface area contributed by atoms with E-state index in [1.54, 1.807) is 41.2 Å². The summed E-state index contributed by atoms with van der Waals surface area (Å²) in [6.45, 7) is 0. The number of amides is 1. The van der Waals surface area contributed by atoms with Gasteiger partial charge in [-0.15, -0.1) is 10.2 Å². The first-order valence-electron chi connectivity index (χ1n) is 9.41. The highest BCUT2D eigenvalue weighted by atomic mass is 35.5. The lowest BCUT2D eigenvalue weighted by Crippen LogP contribution is -2.33. The minimum absolute atomic E-state index is 0.0821. The minimum Gasteiger partial charge on any atom is -0.451 e. The van der Waals surface area contributed by atoms with Gasteiger partial charge in [0.05, 0.1) is 5.02 Å². The van der Waals surface area contributed by atoms with Crippen LogP contribution in [0.5, 0.6) is 0 Å². The number of carbonyl (C=O) groups is 1. The Kier molecular flexibility index (Phi) is 5.81. The average molecular weight is 515 g/mol. The number of nitrogens with one attached hydrogen (secondary N) is 2. The van der Waals surface area contributed by atoms with Crippen LogP contribution in [0, 0.1) is 0 Å². The summed E-state index contributed by atoms with van der Waals surface area (Å²) in [6, 6.07) is 15.7. The van der Waals surface area contributed by atoms with Crippen molar-refractivity contribution in [2.75, 3.05) is 5.32 Å². The lowest BCUT2D eigenvalue weighted by Gasteiger charge is -2.09. The molecule has 0 bridgehead atoms. The number of halogens is 2. The second-order valence-electron chi connectivity index (χ2n) is 6.74. The van der Waals surface area contributed by atoms with Crippen LogP contribution in [0.15, 0.2) is 65.3 Å². The minimum atomic E-state index is -0.498. The van der Waals surface area contributed by atoms with E-state index in [0.29, 0.717) is 32.0 Å². The zero-order valence-corrected chi connectivity index (χ0v) is 19.6. The molecule has 0 saturated heterocycles. The zero-order chi connectivity index (χ0) is 22.9. The SMILES string of the molecule is O=C(NC(=S)Nc1cccc(-c2nn3cnnc3s2)c1)c1ccc(-c2cc(Cl)ccc2Cl)o1. The standard InChI is InChI=1S/C21H12Cl2N6O2S2/c22-12-4-5-15(23)14(9-12)16-6-7-17(31-16)18(30)26-20(32)25-13-3-1-2-11(8-13)19-28-29-10-24-27-21(29)33-19/h1-10H,(H2,25,26,30,32). The smallest absolute Gasteiger partial charge is 0.293 e. The van der Waals surface area contributed by atoms with Crippen molar-refractivity contribution in [1.29, 1.82) is 0 Å². The van der Waals surface area contributed by atoms with Gasteiger partial charge in [0.25, 0.3) is 5.91 Å². The van der Waals surface area contributed by atoms with Crippen molar-refractivity contribution >= 4 is 68.4 Å². The molecular formula is C21H12Cl2N6O2S2. The molecule has 0 saturated carbocycles. The fourth-order valence-electron chi connectivity index (χ4n) is 3.02. The topological polar surface area (TPSA) is 97.4 Å². The Bertz CT molecular complexity index is 1480. The van der Waals surface area contributed by atoms with Crippen LogP contribution in [0.1, 0.15) is 10.6 Å². The van der Waals surface area contributed by atoms with Crippen molar-refractivity contribution in [3.05, 3.63) is 76.7 Å². The van der Waals surface area contributed by atoms with Gasteiger partial charge in [-0.1, -0.05) is 46.7 Å². The third kappa shape index (κ3) is 4.60. The van der Waals surface area contributed by atoms with Crippen molar-refractivity contribution in [3.8, 4) is 21.9 Å². The molecule has 33 heavy (non-hydrogen) atoms. The fraction of sp³-hybridized carbons (Fsp3) is 0. The summed E-state index contributed by atoms with van der Waals surface area (Å²) in [5.41, 5.74) is 2.15. The van der Waals surface area contributed by atoms with Gasteiger partial charge >= 0.3 is 0 Å². The normalized spacial score (nSPS) is 11.0. The second kappa shape index (κ2) is 8.91. The Labute approximate surface area is 206 Å². The van der Waals surface area contributed by atoms with E-state index in [0.717, 1.165) is 10.6 Å². The van der Waals surface area contributed by atoms with E-state index in [-0.39, 0.29) is 10.9 Å². The number of thiocarbonyl (C=S) groups is 1. The molecule has 0 radical (unpaired) electrons. The van der Waals surface area contributed by atoms with Crippen LogP contribution in [-0.4, -0.2) is 30.8 Å². The molecule has 5 aromatic rings. The highest BCUT2D eigenvalue weighted by Gasteiger charge is 2.16. The molecule has 8 nitrogen and oxygen atoms in total. The summed E-state index contributed by atoms with van der Waals surface area (Å²) in [7, 11) is 0. The first-order chi connectivity index (χ1) is 16.0. The number of hydrogen-bond acceptors (Lipinski definition) is 7. The lowest BCUT2D eigenvalue weighted by molar-refractivity contribution is 0.0951. The van der Waals surface area contributed by atoms with Crippen molar-refractivity contribution in [2.24, 2.45) is 0 Å². The van der Waals surface area contributed by atoms with Crippen LogP contribution in [0.3, 0.4) is 0 Å². The van der Waals surface area contributed by atoms with Gasteiger partial charge < -0.3 is 9.73 Å². The van der Waals surface area contributed by atoms with Gasteiger partial charge in [0.1, 0.15) is 17.1 Å². The largest absolute Gasteiger partial charge is 0.451 e. The number of fused-ring (bicyclic) bond motifs is 1. The summed E-state index contributed by atoms with van der Waals surface area (Å²) >= 11 is 18.9. The number of carbonyl (C=O) groups excluding carboxylic acids is 1. The number of rotatable bonds is 4. The van der Waals surface area contributed by atoms with Crippen LogP contribution in [0.2, 0.25) is 10.0 Å². The van der Waals surface area contributed by atoms with Crippen LogP contribution in [-0.2, 0) is 0 Å². The molecule has 0 aliphatic carbocycles. The molecule has 164 valence electrons. The number of nitrogens with zero attached hydrogens (tertiary/aromatic N) is 4. The van der Waals surface area contributed by atoms with Gasteiger partial charge in [-0.2, -0.15) is 9.61 Å². The van der Waals surface area contributed by atoms with Crippen molar-refractivity contribution in [2.45, 2.75) is 0 Å². The Balaban J connectivity index is 1.27. The first kappa shape index (κ1) is 21.5. The van der Waals surface area contributed by atoms with E-state index in [2.05, 4.69) is 25.9 Å². The monoisotopic (exact) mass is 514 g/mol. The molecule has 3 heterocycles. The Hall–Kier alpha value is -3.31. The van der Waals surface area contributed by atoms with E-state index in [9.17, 15) is 4.79 Å². The summed E-state index contributed by atoms with van der Waals surface area (Å²) in [5, 5.41) is 19.7. The first-order valence-corrected chi connectivity index (χ1v) is 11.4. The number of hydrogen-bond donors (Lipinski definition) is 2. The molecule has 0 spiro atoms. The molecular weight excluding hydrogens is 503 g/mol. The van der Waals surface area contributed by atoms with Gasteiger partial charge in [0, 0.05) is 21.8 Å². The molecule has 5 rings (SSSR count). The highest BCUT2D eigenvalue weighted by Crippen LogP contribution is 2.32. The van der Waals surface area contributed by atoms with Crippen molar-refractivity contribution < 1.29 is 9.21 Å². The number of aromatic nitrogens is 4. The van der Waals surface area contributed by atoms with E-state index in [1.165, 1.54) is 11.3 Å². The van der Waals surface area contributed by atoms with Gasteiger partial charge in [0.2, 0.25) is 4.96 Å². The summed E-state index contributed by atoms with van der Waals surface area (Å²) in [6.07, 6.45) is 1.54. The Morgan fingerprint density at radius 3 is 2.85 bits per heavy atom. The molecule has 0 fully saturated rings. The maximum atomic E-state index is 12.6. The van der Waals surface area contributed by atoms with Gasteiger partial charge in [-0.25, -0.2) is 0 Å². The maximum absolute atomic E-state index is 12.6. The molecule has 2 N–H and O–H groups in total. The molecule has 2 aromatic carbocycles.